The molecular formula is C21H32O3. The Bertz CT molecular complexity index is 456. The monoisotopic (exact) mass is 332 g/mol. The Hall–Kier alpha value is -1.71. The van der Waals surface area contributed by atoms with Gasteiger partial charge < -0.3 is 15.0 Å². The van der Waals surface area contributed by atoms with Gasteiger partial charge in [0.1, 0.15) is 5.78 Å². The standard InChI is InChI=1S/C21H32O3/c1-3-20(23)16-13-10-14-18-21(24)17-12-9-7-5-4-6-8-11-15-19(2)22/h4,6-7,9-10,12-14,16-17,20-21,23-24H,3,5,8,11,15,18H2,1-2H3/b6-4-,9-7-,14-10-,16-13+,17-12-. The summed E-state index contributed by atoms with van der Waals surface area (Å²) in [6.07, 6.45) is 22.7. The summed E-state index contributed by atoms with van der Waals surface area (Å²) in [5.41, 5.74) is 0. The Labute approximate surface area is 146 Å². The van der Waals surface area contributed by atoms with Crippen molar-refractivity contribution in [2.75, 3.05) is 0 Å². The number of aliphatic hydroxyl groups excluding tert-OH is 2. The third kappa shape index (κ3) is 16.7. The third-order valence-corrected chi connectivity index (χ3v) is 3.30. The van der Waals surface area contributed by atoms with E-state index in [1.54, 1.807) is 25.2 Å². The van der Waals surface area contributed by atoms with Crippen molar-refractivity contribution in [3.05, 3.63) is 60.8 Å². The molecule has 24 heavy (non-hydrogen) atoms. The van der Waals surface area contributed by atoms with Crippen LogP contribution >= 0.6 is 0 Å². The molecule has 0 spiro atoms. The Balaban J connectivity index is 3.77. The van der Waals surface area contributed by atoms with Crippen molar-refractivity contribution in [2.24, 2.45) is 0 Å². The molecule has 0 saturated carbocycles. The first-order valence-corrected chi connectivity index (χ1v) is 8.73. The molecule has 2 unspecified atom stereocenters. The van der Waals surface area contributed by atoms with E-state index in [2.05, 4.69) is 12.2 Å². The number of hydrogen-bond donors (Lipinski definition) is 2. The van der Waals surface area contributed by atoms with E-state index in [0.29, 0.717) is 19.3 Å². The molecular weight excluding hydrogens is 300 g/mol. The van der Waals surface area contributed by atoms with E-state index in [1.165, 1.54) is 0 Å². The smallest absolute Gasteiger partial charge is 0.129 e. The van der Waals surface area contributed by atoms with Crippen LogP contribution in [0.2, 0.25) is 0 Å². The second-order valence-corrected chi connectivity index (χ2v) is 5.71. The molecule has 2 atom stereocenters. The summed E-state index contributed by atoms with van der Waals surface area (Å²) in [4.78, 5) is 10.8. The molecule has 0 bridgehead atoms. The fraction of sp³-hybridized carbons (Fsp3) is 0.476. The highest BCUT2D eigenvalue weighted by Gasteiger charge is 1.93. The predicted molar refractivity (Wildman–Crippen MR) is 102 cm³/mol. The molecule has 0 fully saturated rings. The van der Waals surface area contributed by atoms with E-state index in [4.69, 9.17) is 0 Å². The van der Waals surface area contributed by atoms with Crippen LogP contribution < -0.4 is 0 Å². The number of Topliss-reactive ketones (excluding diaryl/α,β-unsaturated/α-hetero) is 1. The lowest BCUT2D eigenvalue weighted by Gasteiger charge is -1.99. The average molecular weight is 332 g/mol. The number of carbonyl (C=O) groups is 1. The fourth-order valence-corrected chi connectivity index (χ4v) is 1.81. The van der Waals surface area contributed by atoms with Gasteiger partial charge in [-0.1, -0.05) is 67.7 Å². The van der Waals surface area contributed by atoms with Crippen molar-refractivity contribution in [3.8, 4) is 0 Å². The molecule has 3 nitrogen and oxygen atoms in total. The summed E-state index contributed by atoms with van der Waals surface area (Å²) >= 11 is 0. The lowest BCUT2D eigenvalue weighted by Crippen LogP contribution is -1.99. The number of rotatable bonds is 13. The Morgan fingerprint density at radius 3 is 2.25 bits per heavy atom. The van der Waals surface area contributed by atoms with Gasteiger partial charge in [0.25, 0.3) is 0 Å². The molecule has 134 valence electrons. The summed E-state index contributed by atoms with van der Waals surface area (Å²) in [6.45, 7) is 3.54. The maximum Gasteiger partial charge on any atom is 0.129 e. The topological polar surface area (TPSA) is 57.5 Å². The van der Waals surface area contributed by atoms with E-state index in [1.807, 2.05) is 37.3 Å². The second kappa shape index (κ2) is 16.2. The molecule has 0 rings (SSSR count). The SMILES string of the molecule is CCC(O)/C=C/C=C\CC(O)/C=C\C=C/C/C=C\CCCC(C)=O. The summed E-state index contributed by atoms with van der Waals surface area (Å²) in [6, 6.07) is 0. The van der Waals surface area contributed by atoms with E-state index >= 15 is 0 Å². The van der Waals surface area contributed by atoms with Crippen LogP contribution in [0.4, 0.5) is 0 Å². The second-order valence-electron chi connectivity index (χ2n) is 5.71. The molecule has 2 N–H and O–H groups in total. The minimum atomic E-state index is -0.502. The fourth-order valence-electron chi connectivity index (χ4n) is 1.81. The van der Waals surface area contributed by atoms with Crippen LogP contribution in [0.25, 0.3) is 0 Å². The molecule has 0 aromatic rings. The van der Waals surface area contributed by atoms with E-state index in [9.17, 15) is 15.0 Å². The van der Waals surface area contributed by atoms with Crippen molar-refractivity contribution in [2.45, 2.75) is 64.6 Å². The molecule has 0 amide bonds. The highest BCUT2D eigenvalue weighted by atomic mass is 16.3. The van der Waals surface area contributed by atoms with Crippen LogP contribution in [-0.2, 0) is 4.79 Å². The maximum absolute atomic E-state index is 10.8. The van der Waals surface area contributed by atoms with Crippen LogP contribution in [0.5, 0.6) is 0 Å². The lowest BCUT2D eigenvalue weighted by molar-refractivity contribution is -0.117. The highest BCUT2D eigenvalue weighted by molar-refractivity contribution is 5.75. The molecule has 0 aliphatic rings. The average Bonchev–Trinajstić information content (AvgIpc) is 2.55. The maximum atomic E-state index is 10.8. The lowest BCUT2D eigenvalue weighted by atomic mass is 10.2. The summed E-state index contributed by atoms with van der Waals surface area (Å²) in [5, 5.41) is 19.1. The van der Waals surface area contributed by atoms with Crippen molar-refractivity contribution in [1.29, 1.82) is 0 Å². The first-order chi connectivity index (χ1) is 11.6. The zero-order chi connectivity index (χ0) is 18.0. The molecule has 0 heterocycles. The van der Waals surface area contributed by atoms with Crippen molar-refractivity contribution in [1.82, 2.24) is 0 Å². The van der Waals surface area contributed by atoms with Gasteiger partial charge in [-0.05, 0) is 39.0 Å². The van der Waals surface area contributed by atoms with E-state index in [-0.39, 0.29) is 5.78 Å². The van der Waals surface area contributed by atoms with Crippen LogP contribution in [0.15, 0.2) is 60.8 Å². The first-order valence-electron chi connectivity index (χ1n) is 8.73. The predicted octanol–water partition coefficient (Wildman–Crippen LogP) is 4.44. The minimum Gasteiger partial charge on any atom is -0.389 e. The van der Waals surface area contributed by atoms with Crippen LogP contribution in [0.1, 0.15) is 52.4 Å². The first kappa shape index (κ1) is 22.3. The van der Waals surface area contributed by atoms with Gasteiger partial charge in [-0.15, -0.1) is 0 Å². The zero-order valence-corrected chi connectivity index (χ0v) is 15.0. The molecule has 3 heteroatoms. The van der Waals surface area contributed by atoms with Crippen LogP contribution in [-0.4, -0.2) is 28.2 Å². The van der Waals surface area contributed by atoms with Gasteiger partial charge in [0, 0.05) is 6.42 Å². The van der Waals surface area contributed by atoms with Gasteiger partial charge >= 0.3 is 0 Å². The number of carbonyl (C=O) groups excluding carboxylic acids is 1. The highest BCUT2D eigenvalue weighted by Crippen LogP contribution is 2.00. The van der Waals surface area contributed by atoms with Crippen molar-refractivity contribution in [3.63, 3.8) is 0 Å². The summed E-state index contributed by atoms with van der Waals surface area (Å²) in [5.74, 6) is 0.247. The van der Waals surface area contributed by atoms with Crippen molar-refractivity contribution >= 4 is 5.78 Å². The van der Waals surface area contributed by atoms with Gasteiger partial charge in [0.15, 0.2) is 0 Å². The molecule has 0 saturated heterocycles. The van der Waals surface area contributed by atoms with Gasteiger partial charge in [-0.2, -0.15) is 0 Å². The minimum absolute atomic E-state index is 0.247. The van der Waals surface area contributed by atoms with Gasteiger partial charge in [-0.25, -0.2) is 0 Å². The molecule has 0 aromatic carbocycles. The molecule has 0 aliphatic carbocycles. The normalized spacial score (nSPS) is 15.5. The quantitative estimate of drug-likeness (QED) is 0.298. The van der Waals surface area contributed by atoms with Crippen LogP contribution in [0.3, 0.4) is 0 Å². The number of allylic oxidation sites excluding steroid dienone is 7. The molecule has 0 aromatic heterocycles. The number of aliphatic hydroxyl groups is 2. The van der Waals surface area contributed by atoms with Crippen molar-refractivity contribution < 1.29 is 15.0 Å². The van der Waals surface area contributed by atoms with Gasteiger partial charge in [0.05, 0.1) is 12.2 Å². The Kier molecular flexibility index (Phi) is 15.0. The molecule has 0 aliphatic heterocycles. The Morgan fingerprint density at radius 2 is 1.58 bits per heavy atom. The van der Waals surface area contributed by atoms with Gasteiger partial charge in [-0.3, -0.25) is 0 Å². The number of hydrogen-bond acceptors (Lipinski definition) is 3. The number of ketones is 1. The summed E-state index contributed by atoms with van der Waals surface area (Å²) in [7, 11) is 0. The number of unbranched alkanes of at least 4 members (excludes halogenated alkanes) is 1. The summed E-state index contributed by atoms with van der Waals surface area (Å²) < 4.78 is 0. The van der Waals surface area contributed by atoms with Gasteiger partial charge in [0.2, 0.25) is 0 Å². The largest absolute Gasteiger partial charge is 0.389 e. The van der Waals surface area contributed by atoms with E-state index in [0.717, 1.165) is 19.3 Å². The van der Waals surface area contributed by atoms with E-state index < -0.39 is 12.2 Å². The zero-order valence-electron chi connectivity index (χ0n) is 15.0. The third-order valence-electron chi connectivity index (χ3n) is 3.30. The Morgan fingerprint density at radius 1 is 0.917 bits per heavy atom. The van der Waals surface area contributed by atoms with Crippen LogP contribution in [0, 0.1) is 0 Å². The molecule has 0 radical (unpaired) electrons.